The summed E-state index contributed by atoms with van der Waals surface area (Å²) in [7, 11) is 0. The Morgan fingerprint density at radius 1 is 1.43 bits per heavy atom. The first kappa shape index (κ1) is 16.8. The average Bonchev–Trinajstić information content (AvgIpc) is 2.96. The Labute approximate surface area is 137 Å². The van der Waals surface area contributed by atoms with Gasteiger partial charge in [-0.05, 0) is 37.5 Å². The number of nitrogens with one attached hydrogen (secondary N) is 1. The van der Waals surface area contributed by atoms with Gasteiger partial charge in [0.05, 0.1) is 6.10 Å². The van der Waals surface area contributed by atoms with E-state index in [-0.39, 0.29) is 0 Å². The van der Waals surface area contributed by atoms with Crippen molar-refractivity contribution < 1.29 is 4.74 Å². The maximum atomic E-state index is 5.76. The van der Waals surface area contributed by atoms with Gasteiger partial charge in [-0.15, -0.1) is 0 Å². The molecule has 2 rings (SSSR count). The van der Waals surface area contributed by atoms with Gasteiger partial charge < -0.3 is 15.0 Å². The van der Waals surface area contributed by atoms with Crippen molar-refractivity contribution in [2.45, 2.75) is 52.3 Å². The van der Waals surface area contributed by atoms with E-state index in [0.29, 0.717) is 12.1 Å². The Kier molecular flexibility index (Phi) is 6.52. The Bertz CT molecular complexity index is 444. The van der Waals surface area contributed by atoms with Gasteiger partial charge in [-0.1, -0.05) is 35.8 Å². The number of anilines is 1. The van der Waals surface area contributed by atoms with E-state index < -0.39 is 0 Å². The van der Waals surface area contributed by atoms with E-state index in [0.717, 1.165) is 26.2 Å². The van der Waals surface area contributed by atoms with Crippen LogP contribution in [0.4, 0.5) is 5.69 Å². The predicted molar refractivity (Wildman–Crippen MR) is 93.0 cm³/mol. The Balaban J connectivity index is 2.02. The zero-order chi connectivity index (χ0) is 15.2. The number of halogens is 1. The third-order valence-electron chi connectivity index (χ3n) is 3.93. The molecule has 21 heavy (non-hydrogen) atoms. The maximum Gasteiger partial charge on any atom is 0.0750 e. The van der Waals surface area contributed by atoms with Gasteiger partial charge >= 0.3 is 0 Å². The molecule has 1 N–H and O–H groups in total. The van der Waals surface area contributed by atoms with Crippen LogP contribution in [0.15, 0.2) is 22.7 Å². The lowest BCUT2D eigenvalue weighted by molar-refractivity contribution is 0.115. The summed E-state index contributed by atoms with van der Waals surface area (Å²) < 4.78 is 6.94. The third kappa shape index (κ3) is 4.97. The van der Waals surface area contributed by atoms with Crippen molar-refractivity contribution >= 4 is 21.6 Å². The van der Waals surface area contributed by atoms with E-state index in [9.17, 15) is 0 Å². The molecular formula is C17H27BrN2O. The molecule has 0 saturated carbocycles. The molecule has 1 unspecified atom stereocenters. The molecule has 4 heteroatoms. The number of hydrogen-bond acceptors (Lipinski definition) is 3. The second-order valence-corrected chi connectivity index (χ2v) is 6.84. The Hall–Kier alpha value is -0.580. The van der Waals surface area contributed by atoms with Gasteiger partial charge in [-0.3, -0.25) is 0 Å². The fourth-order valence-corrected chi connectivity index (χ4v) is 3.15. The minimum absolute atomic E-state index is 0.394. The molecule has 0 aliphatic carbocycles. The molecule has 1 aromatic rings. The van der Waals surface area contributed by atoms with Gasteiger partial charge in [-0.2, -0.15) is 0 Å². The lowest BCUT2D eigenvalue weighted by Gasteiger charge is -2.26. The van der Waals surface area contributed by atoms with Gasteiger partial charge in [0.15, 0.2) is 0 Å². The monoisotopic (exact) mass is 354 g/mol. The molecule has 0 spiro atoms. The molecule has 0 bridgehead atoms. The number of hydrogen-bond donors (Lipinski definition) is 1. The van der Waals surface area contributed by atoms with Crippen LogP contribution in [0.5, 0.6) is 0 Å². The second kappa shape index (κ2) is 8.16. The summed E-state index contributed by atoms with van der Waals surface area (Å²) in [6, 6.07) is 7.17. The van der Waals surface area contributed by atoms with Crippen LogP contribution in [0.3, 0.4) is 0 Å². The molecule has 0 aromatic heterocycles. The number of likely N-dealkylation sites (N-methyl/N-ethyl adjacent to an activating group) is 1. The van der Waals surface area contributed by atoms with Crippen LogP contribution in [0, 0.1) is 0 Å². The zero-order valence-corrected chi connectivity index (χ0v) is 14.9. The molecule has 118 valence electrons. The van der Waals surface area contributed by atoms with Crippen LogP contribution < -0.4 is 10.2 Å². The lowest BCUT2D eigenvalue weighted by Crippen LogP contribution is -2.32. The van der Waals surface area contributed by atoms with E-state index >= 15 is 0 Å². The van der Waals surface area contributed by atoms with Gasteiger partial charge in [0.2, 0.25) is 0 Å². The van der Waals surface area contributed by atoms with Crippen LogP contribution in [-0.2, 0) is 11.3 Å². The summed E-state index contributed by atoms with van der Waals surface area (Å²) in [5.41, 5.74) is 2.58. The largest absolute Gasteiger partial charge is 0.376 e. The van der Waals surface area contributed by atoms with Crippen LogP contribution in [-0.4, -0.2) is 31.8 Å². The molecule has 0 amide bonds. The number of benzene rings is 1. The highest BCUT2D eigenvalue weighted by Gasteiger charge is 2.19. The summed E-state index contributed by atoms with van der Waals surface area (Å²) >= 11 is 3.71. The molecule has 1 aliphatic rings. The van der Waals surface area contributed by atoms with E-state index in [2.05, 4.69) is 65.1 Å². The topological polar surface area (TPSA) is 24.5 Å². The zero-order valence-electron chi connectivity index (χ0n) is 13.4. The van der Waals surface area contributed by atoms with Crippen molar-refractivity contribution in [3.05, 3.63) is 28.2 Å². The Morgan fingerprint density at radius 2 is 2.24 bits per heavy atom. The highest BCUT2D eigenvalue weighted by Crippen LogP contribution is 2.25. The smallest absolute Gasteiger partial charge is 0.0750 e. The predicted octanol–water partition coefficient (Wildman–Crippen LogP) is 3.95. The van der Waals surface area contributed by atoms with Crippen LogP contribution in [0.25, 0.3) is 0 Å². The van der Waals surface area contributed by atoms with Crippen LogP contribution >= 0.6 is 15.9 Å². The van der Waals surface area contributed by atoms with Gasteiger partial charge in [0, 0.05) is 42.4 Å². The van der Waals surface area contributed by atoms with Crippen LogP contribution in [0.2, 0.25) is 0 Å². The lowest BCUT2D eigenvalue weighted by atomic mass is 10.1. The standard InChI is InChI=1S/C17H27BrN2O/c1-4-20(12-16-6-5-9-21-16)15-8-7-14(17(18)10-15)11-19-13(2)3/h7-8,10,13,16,19H,4-6,9,11-12H2,1-3H3. The Morgan fingerprint density at radius 3 is 2.81 bits per heavy atom. The SMILES string of the molecule is CCN(CC1CCCO1)c1ccc(CNC(C)C)c(Br)c1. The number of ether oxygens (including phenoxy) is 1. The summed E-state index contributed by atoms with van der Waals surface area (Å²) in [5.74, 6) is 0. The minimum atomic E-state index is 0.394. The van der Waals surface area contributed by atoms with E-state index in [1.165, 1.54) is 28.6 Å². The number of rotatable bonds is 7. The molecule has 1 atom stereocenters. The van der Waals surface area contributed by atoms with Crippen molar-refractivity contribution in [1.29, 1.82) is 0 Å². The van der Waals surface area contributed by atoms with Crippen molar-refractivity contribution in [1.82, 2.24) is 5.32 Å². The van der Waals surface area contributed by atoms with Crippen molar-refractivity contribution in [2.75, 3.05) is 24.6 Å². The van der Waals surface area contributed by atoms with E-state index in [1.54, 1.807) is 0 Å². The summed E-state index contributed by atoms with van der Waals surface area (Å²) in [4.78, 5) is 2.40. The molecule has 3 nitrogen and oxygen atoms in total. The van der Waals surface area contributed by atoms with E-state index in [1.807, 2.05) is 0 Å². The molecular weight excluding hydrogens is 328 g/mol. The first-order valence-electron chi connectivity index (χ1n) is 7.98. The summed E-state index contributed by atoms with van der Waals surface area (Å²) in [5, 5.41) is 3.46. The quantitative estimate of drug-likeness (QED) is 0.802. The highest BCUT2D eigenvalue weighted by molar-refractivity contribution is 9.10. The van der Waals surface area contributed by atoms with Gasteiger partial charge in [0.1, 0.15) is 0 Å². The summed E-state index contributed by atoms with van der Waals surface area (Å²) in [6.07, 6.45) is 2.78. The van der Waals surface area contributed by atoms with Crippen molar-refractivity contribution in [3.63, 3.8) is 0 Å². The first-order valence-corrected chi connectivity index (χ1v) is 8.77. The molecule has 1 heterocycles. The fraction of sp³-hybridized carbons (Fsp3) is 0.647. The molecule has 1 saturated heterocycles. The second-order valence-electron chi connectivity index (χ2n) is 5.98. The maximum absolute atomic E-state index is 5.76. The van der Waals surface area contributed by atoms with Crippen molar-refractivity contribution in [2.24, 2.45) is 0 Å². The van der Waals surface area contributed by atoms with Crippen LogP contribution in [0.1, 0.15) is 39.2 Å². The normalized spacial score (nSPS) is 18.4. The molecule has 1 fully saturated rings. The minimum Gasteiger partial charge on any atom is -0.376 e. The average molecular weight is 355 g/mol. The molecule has 1 aliphatic heterocycles. The highest BCUT2D eigenvalue weighted by atomic mass is 79.9. The van der Waals surface area contributed by atoms with E-state index in [4.69, 9.17) is 4.74 Å². The number of nitrogens with zero attached hydrogens (tertiary/aromatic N) is 1. The van der Waals surface area contributed by atoms with Crippen molar-refractivity contribution in [3.8, 4) is 0 Å². The van der Waals surface area contributed by atoms with Gasteiger partial charge in [0.25, 0.3) is 0 Å². The molecule has 0 radical (unpaired) electrons. The molecule has 1 aromatic carbocycles. The third-order valence-corrected chi connectivity index (χ3v) is 4.67. The van der Waals surface area contributed by atoms with Gasteiger partial charge in [-0.25, -0.2) is 0 Å². The first-order chi connectivity index (χ1) is 10.1. The summed E-state index contributed by atoms with van der Waals surface area (Å²) in [6.45, 7) is 10.4. The fourth-order valence-electron chi connectivity index (χ4n) is 2.64.